The maximum atomic E-state index is 11.7. The second-order valence-electron chi connectivity index (χ2n) is 4.61. The SMILES string of the molecule is O=C(CCCOc1ccccc1)NCc1ccc(C(=O)O)s1. The number of para-hydroxylation sites is 1. The van der Waals surface area contributed by atoms with Gasteiger partial charge in [0.15, 0.2) is 0 Å². The molecule has 22 heavy (non-hydrogen) atoms. The Bertz CT molecular complexity index is 624. The molecule has 2 N–H and O–H groups in total. The largest absolute Gasteiger partial charge is 0.494 e. The van der Waals surface area contributed by atoms with Crippen LogP contribution in [0.2, 0.25) is 0 Å². The van der Waals surface area contributed by atoms with E-state index >= 15 is 0 Å². The van der Waals surface area contributed by atoms with Crippen LogP contribution in [0.3, 0.4) is 0 Å². The summed E-state index contributed by atoms with van der Waals surface area (Å²) in [6.07, 6.45) is 1.01. The molecule has 1 amide bonds. The molecule has 6 heteroatoms. The second kappa shape index (κ2) is 8.19. The number of rotatable bonds is 8. The first-order valence-corrected chi connectivity index (χ1v) is 7.73. The van der Waals surface area contributed by atoms with Crippen molar-refractivity contribution in [1.82, 2.24) is 5.32 Å². The molecule has 0 saturated heterocycles. The van der Waals surface area contributed by atoms with Gasteiger partial charge in [-0.15, -0.1) is 11.3 Å². The van der Waals surface area contributed by atoms with E-state index < -0.39 is 5.97 Å². The highest BCUT2D eigenvalue weighted by Gasteiger charge is 2.08. The summed E-state index contributed by atoms with van der Waals surface area (Å²) in [5, 5.41) is 11.6. The molecule has 116 valence electrons. The lowest BCUT2D eigenvalue weighted by Crippen LogP contribution is -2.22. The maximum Gasteiger partial charge on any atom is 0.345 e. The molecule has 2 aromatic rings. The molecule has 0 aliphatic rings. The van der Waals surface area contributed by atoms with E-state index in [9.17, 15) is 9.59 Å². The van der Waals surface area contributed by atoms with E-state index in [1.807, 2.05) is 30.3 Å². The minimum atomic E-state index is -0.944. The highest BCUT2D eigenvalue weighted by Crippen LogP contribution is 2.16. The quantitative estimate of drug-likeness (QED) is 0.734. The Balaban J connectivity index is 1.62. The summed E-state index contributed by atoms with van der Waals surface area (Å²) >= 11 is 1.17. The van der Waals surface area contributed by atoms with Crippen LogP contribution in [-0.4, -0.2) is 23.6 Å². The summed E-state index contributed by atoms with van der Waals surface area (Å²) in [4.78, 5) is 23.5. The molecule has 1 aromatic heterocycles. The number of aromatic carboxylic acids is 1. The Morgan fingerprint density at radius 1 is 1.14 bits per heavy atom. The summed E-state index contributed by atoms with van der Waals surface area (Å²) in [6, 6.07) is 12.7. The number of thiophene rings is 1. The summed E-state index contributed by atoms with van der Waals surface area (Å²) in [7, 11) is 0. The lowest BCUT2D eigenvalue weighted by atomic mass is 10.3. The number of hydrogen-bond acceptors (Lipinski definition) is 4. The fraction of sp³-hybridized carbons (Fsp3) is 0.250. The van der Waals surface area contributed by atoms with Gasteiger partial charge in [-0.25, -0.2) is 4.79 Å². The zero-order valence-corrected chi connectivity index (χ0v) is 12.8. The minimum absolute atomic E-state index is 0.0677. The Hall–Kier alpha value is -2.34. The molecule has 0 fully saturated rings. The lowest BCUT2D eigenvalue weighted by molar-refractivity contribution is -0.121. The van der Waals surface area contributed by atoms with E-state index in [1.165, 1.54) is 11.3 Å². The van der Waals surface area contributed by atoms with Gasteiger partial charge in [-0.05, 0) is 30.7 Å². The third-order valence-corrected chi connectivity index (χ3v) is 3.97. The fourth-order valence-corrected chi connectivity index (χ4v) is 2.59. The smallest absolute Gasteiger partial charge is 0.345 e. The average Bonchev–Trinajstić information content (AvgIpc) is 3.00. The van der Waals surface area contributed by atoms with Crippen molar-refractivity contribution in [2.45, 2.75) is 19.4 Å². The molecular weight excluding hydrogens is 302 g/mol. The van der Waals surface area contributed by atoms with Crippen molar-refractivity contribution in [3.63, 3.8) is 0 Å². The van der Waals surface area contributed by atoms with Crippen molar-refractivity contribution in [3.05, 3.63) is 52.2 Å². The van der Waals surface area contributed by atoms with E-state index in [0.29, 0.717) is 26.0 Å². The first-order valence-electron chi connectivity index (χ1n) is 6.91. The van der Waals surface area contributed by atoms with Gasteiger partial charge in [0.25, 0.3) is 0 Å². The van der Waals surface area contributed by atoms with Crippen LogP contribution in [0, 0.1) is 0 Å². The topological polar surface area (TPSA) is 75.6 Å². The van der Waals surface area contributed by atoms with E-state index in [4.69, 9.17) is 9.84 Å². The van der Waals surface area contributed by atoms with Crippen LogP contribution in [0.5, 0.6) is 5.75 Å². The zero-order chi connectivity index (χ0) is 15.8. The molecule has 1 aromatic carbocycles. The van der Waals surface area contributed by atoms with Crippen molar-refractivity contribution in [3.8, 4) is 5.75 Å². The van der Waals surface area contributed by atoms with Crippen molar-refractivity contribution < 1.29 is 19.4 Å². The number of benzene rings is 1. The van der Waals surface area contributed by atoms with Crippen LogP contribution < -0.4 is 10.1 Å². The van der Waals surface area contributed by atoms with Gasteiger partial charge in [0.05, 0.1) is 13.2 Å². The number of nitrogens with one attached hydrogen (secondary N) is 1. The zero-order valence-electron chi connectivity index (χ0n) is 12.0. The van der Waals surface area contributed by atoms with E-state index in [-0.39, 0.29) is 10.8 Å². The predicted molar refractivity (Wildman–Crippen MR) is 84.3 cm³/mol. The number of amides is 1. The van der Waals surface area contributed by atoms with E-state index in [1.54, 1.807) is 12.1 Å². The molecule has 0 saturated carbocycles. The number of carboxylic acids is 1. The first kappa shape index (κ1) is 16.0. The normalized spacial score (nSPS) is 10.2. The standard InChI is InChI=1S/C16H17NO4S/c18-15(7-4-10-21-12-5-2-1-3-6-12)17-11-13-8-9-14(22-13)16(19)20/h1-3,5-6,8-9H,4,7,10-11H2,(H,17,18)(H,19,20). The van der Waals surface area contributed by atoms with Gasteiger partial charge < -0.3 is 15.2 Å². The molecule has 0 bridgehead atoms. The van der Waals surface area contributed by atoms with Crippen LogP contribution in [0.15, 0.2) is 42.5 Å². The highest BCUT2D eigenvalue weighted by molar-refractivity contribution is 7.13. The monoisotopic (exact) mass is 319 g/mol. The molecule has 0 spiro atoms. The summed E-state index contributed by atoms with van der Waals surface area (Å²) in [5.74, 6) is -0.217. The van der Waals surface area contributed by atoms with Gasteiger partial charge in [-0.1, -0.05) is 18.2 Å². The van der Waals surface area contributed by atoms with Crippen molar-refractivity contribution >= 4 is 23.2 Å². The maximum absolute atomic E-state index is 11.7. The van der Waals surface area contributed by atoms with Gasteiger partial charge >= 0.3 is 5.97 Å². The van der Waals surface area contributed by atoms with Crippen LogP contribution in [0.1, 0.15) is 27.4 Å². The van der Waals surface area contributed by atoms with Gasteiger partial charge in [0.2, 0.25) is 5.91 Å². The Morgan fingerprint density at radius 2 is 1.91 bits per heavy atom. The van der Waals surface area contributed by atoms with E-state index in [2.05, 4.69) is 5.32 Å². The highest BCUT2D eigenvalue weighted by atomic mass is 32.1. The second-order valence-corrected chi connectivity index (χ2v) is 5.78. The number of carbonyl (C=O) groups excluding carboxylic acids is 1. The minimum Gasteiger partial charge on any atom is -0.494 e. The molecule has 0 atom stereocenters. The third-order valence-electron chi connectivity index (χ3n) is 2.89. The molecule has 1 heterocycles. The summed E-state index contributed by atoms with van der Waals surface area (Å²) in [5.41, 5.74) is 0. The predicted octanol–water partition coefficient (Wildman–Crippen LogP) is 2.92. The first-order chi connectivity index (χ1) is 10.6. The molecule has 0 unspecified atom stereocenters. The van der Waals surface area contributed by atoms with Gasteiger partial charge in [0, 0.05) is 11.3 Å². The Labute approximate surface area is 132 Å². The number of carbonyl (C=O) groups is 2. The lowest BCUT2D eigenvalue weighted by Gasteiger charge is -2.06. The summed E-state index contributed by atoms with van der Waals surface area (Å²) < 4.78 is 5.51. The van der Waals surface area contributed by atoms with E-state index in [0.717, 1.165) is 10.6 Å². The molecule has 5 nitrogen and oxygen atoms in total. The third kappa shape index (κ3) is 5.21. The molecule has 0 radical (unpaired) electrons. The van der Waals surface area contributed by atoms with Gasteiger partial charge in [0.1, 0.15) is 10.6 Å². The van der Waals surface area contributed by atoms with Gasteiger partial charge in [-0.2, -0.15) is 0 Å². The number of ether oxygens (including phenoxy) is 1. The average molecular weight is 319 g/mol. The number of carboxylic acid groups (broad SMARTS) is 1. The van der Waals surface area contributed by atoms with Crippen molar-refractivity contribution in [2.75, 3.05) is 6.61 Å². The molecule has 0 aliphatic carbocycles. The van der Waals surface area contributed by atoms with Crippen LogP contribution >= 0.6 is 11.3 Å². The Kier molecular flexibility index (Phi) is 5.97. The van der Waals surface area contributed by atoms with Crippen molar-refractivity contribution in [1.29, 1.82) is 0 Å². The summed E-state index contributed by atoms with van der Waals surface area (Å²) in [6.45, 7) is 0.843. The number of hydrogen-bond donors (Lipinski definition) is 2. The molecular formula is C16H17NO4S. The molecule has 2 rings (SSSR count). The van der Waals surface area contributed by atoms with Crippen molar-refractivity contribution in [2.24, 2.45) is 0 Å². The Morgan fingerprint density at radius 3 is 2.59 bits per heavy atom. The van der Waals surface area contributed by atoms with Gasteiger partial charge in [-0.3, -0.25) is 4.79 Å². The fourth-order valence-electron chi connectivity index (χ4n) is 1.80. The molecule has 0 aliphatic heterocycles. The van der Waals surface area contributed by atoms with Crippen LogP contribution in [0.25, 0.3) is 0 Å². The van der Waals surface area contributed by atoms with Crippen LogP contribution in [-0.2, 0) is 11.3 Å². The van der Waals surface area contributed by atoms with Crippen LogP contribution in [0.4, 0.5) is 0 Å².